The molecule has 1 saturated heterocycles. The molecule has 2 unspecified atom stereocenters. The third-order valence-electron chi connectivity index (χ3n) is 5.33. The summed E-state index contributed by atoms with van der Waals surface area (Å²) in [5, 5.41) is 8.24. The Labute approximate surface area is 185 Å². The van der Waals surface area contributed by atoms with E-state index in [1.807, 2.05) is 6.92 Å². The van der Waals surface area contributed by atoms with Crippen molar-refractivity contribution in [2.45, 2.75) is 25.9 Å². The van der Waals surface area contributed by atoms with E-state index in [4.69, 9.17) is 4.74 Å². The number of guanidine groups is 1. The maximum Gasteiger partial charge on any atom is 0.243 e. The number of aryl methyl sites for hydroxylation is 1. The number of aliphatic imine (C=N–C) groups is 1. The number of rotatable bonds is 6. The molecule has 2 atom stereocenters. The lowest BCUT2D eigenvalue weighted by atomic mass is 9.89. The van der Waals surface area contributed by atoms with E-state index in [1.54, 1.807) is 7.05 Å². The average Bonchev–Trinajstić information content (AvgIpc) is 2.80. The standard InChI is InChI=1S/C23H27F3N4O2/c1-14-5-7-15(8-6-14)22-16(4-3-11-32-22)12-28-23(27-2)29-13-19(31)30-18-10-9-17(24)20(25)21(18)26/h5-10,16,22H,3-4,11-13H2,1-2H3,(H,30,31)(H2,27,28,29). The maximum atomic E-state index is 13.7. The zero-order chi connectivity index (χ0) is 23.1. The van der Waals surface area contributed by atoms with Crippen molar-refractivity contribution in [2.24, 2.45) is 10.9 Å². The molecule has 0 radical (unpaired) electrons. The molecule has 0 aliphatic carbocycles. The van der Waals surface area contributed by atoms with Crippen molar-refractivity contribution < 1.29 is 22.7 Å². The molecule has 1 amide bonds. The number of hydrogen-bond donors (Lipinski definition) is 3. The monoisotopic (exact) mass is 448 g/mol. The number of hydrogen-bond acceptors (Lipinski definition) is 3. The molecule has 1 heterocycles. The van der Waals surface area contributed by atoms with Gasteiger partial charge >= 0.3 is 0 Å². The highest BCUT2D eigenvalue weighted by molar-refractivity contribution is 5.95. The fourth-order valence-electron chi connectivity index (χ4n) is 3.61. The molecule has 0 bridgehead atoms. The van der Waals surface area contributed by atoms with Gasteiger partial charge in [0.25, 0.3) is 0 Å². The van der Waals surface area contributed by atoms with Crippen LogP contribution < -0.4 is 16.0 Å². The highest BCUT2D eigenvalue weighted by Gasteiger charge is 2.27. The smallest absolute Gasteiger partial charge is 0.243 e. The second-order valence-electron chi connectivity index (χ2n) is 7.68. The highest BCUT2D eigenvalue weighted by Crippen LogP contribution is 2.33. The van der Waals surface area contributed by atoms with E-state index in [-0.39, 0.29) is 18.6 Å². The van der Waals surface area contributed by atoms with Gasteiger partial charge in [0, 0.05) is 26.1 Å². The highest BCUT2D eigenvalue weighted by atomic mass is 19.2. The van der Waals surface area contributed by atoms with E-state index in [1.165, 1.54) is 5.56 Å². The van der Waals surface area contributed by atoms with Crippen LogP contribution in [0.1, 0.15) is 30.1 Å². The Kier molecular flexibility index (Phi) is 8.10. The van der Waals surface area contributed by atoms with Crippen molar-refractivity contribution in [3.05, 3.63) is 65.0 Å². The van der Waals surface area contributed by atoms with Crippen molar-refractivity contribution in [3.63, 3.8) is 0 Å². The largest absolute Gasteiger partial charge is 0.373 e. The number of benzene rings is 2. The fourth-order valence-corrected chi connectivity index (χ4v) is 3.61. The summed E-state index contributed by atoms with van der Waals surface area (Å²) in [7, 11) is 1.57. The number of halogens is 3. The molecule has 3 rings (SSSR count). The Balaban J connectivity index is 1.52. The first kappa shape index (κ1) is 23.6. The first-order chi connectivity index (χ1) is 15.4. The van der Waals surface area contributed by atoms with Crippen LogP contribution in [-0.4, -0.2) is 38.6 Å². The minimum absolute atomic E-state index is 0.0328. The summed E-state index contributed by atoms with van der Waals surface area (Å²) in [4.78, 5) is 16.2. The van der Waals surface area contributed by atoms with Crippen molar-refractivity contribution in [3.8, 4) is 0 Å². The van der Waals surface area contributed by atoms with Gasteiger partial charge in [-0.3, -0.25) is 9.79 Å². The Bertz CT molecular complexity index is 966. The maximum absolute atomic E-state index is 13.7. The molecule has 3 N–H and O–H groups in total. The molecule has 172 valence electrons. The van der Waals surface area contributed by atoms with Crippen molar-refractivity contribution in [1.29, 1.82) is 0 Å². The zero-order valence-corrected chi connectivity index (χ0v) is 18.1. The number of amides is 1. The first-order valence-electron chi connectivity index (χ1n) is 10.4. The summed E-state index contributed by atoms with van der Waals surface area (Å²) in [6.45, 7) is 3.10. The van der Waals surface area contributed by atoms with Gasteiger partial charge in [0.05, 0.1) is 18.3 Å². The normalized spacial score (nSPS) is 18.8. The Hall–Kier alpha value is -3.07. The van der Waals surface area contributed by atoms with E-state index in [0.29, 0.717) is 19.1 Å². The van der Waals surface area contributed by atoms with Crippen molar-refractivity contribution in [2.75, 3.05) is 32.1 Å². The SMILES string of the molecule is CN=C(NCC(=O)Nc1ccc(F)c(F)c1F)NCC1CCCOC1c1ccc(C)cc1. The summed E-state index contributed by atoms with van der Waals surface area (Å²) >= 11 is 0. The topological polar surface area (TPSA) is 74.8 Å². The first-order valence-corrected chi connectivity index (χ1v) is 10.4. The predicted molar refractivity (Wildman–Crippen MR) is 117 cm³/mol. The van der Waals surface area contributed by atoms with Gasteiger partial charge in [-0.1, -0.05) is 29.8 Å². The van der Waals surface area contributed by atoms with Gasteiger partial charge in [0.1, 0.15) is 0 Å². The second kappa shape index (κ2) is 11.0. The van der Waals surface area contributed by atoms with Crippen molar-refractivity contribution >= 4 is 17.6 Å². The van der Waals surface area contributed by atoms with Gasteiger partial charge in [0.2, 0.25) is 5.91 Å². The summed E-state index contributed by atoms with van der Waals surface area (Å²) in [5.74, 6) is -4.42. The third kappa shape index (κ3) is 6.00. The third-order valence-corrected chi connectivity index (χ3v) is 5.33. The van der Waals surface area contributed by atoms with Crippen molar-refractivity contribution in [1.82, 2.24) is 10.6 Å². The molecule has 0 spiro atoms. The quantitative estimate of drug-likeness (QED) is 0.358. The van der Waals surface area contributed by atoms with Crippen LogP contribution in [0.4, 0.5) is 18.9 Å². The van der Waals surface area contributed by atoms with Gasteiger partial charge in [-0.05, 0) is 37.5 Å². The minimum atomic E-state index is -1.63. The second-order valence-corrected chi connectivity index (χ2v) is 7.68. The molecule has 2 aromatic rings. The lowest BCUT2D eigenvalue weighted by Crippen LogP contribution is -2.44. The lowest BCUT2D eigenvalue weighted by Gasteiger charge is -2.32. The van der Waals surface area contributed by atoms with Crippen LogP contribution in [0, 0.1) is 30.3 Å². The van der Waals surface area contributed by atoms with Gasteiger partial charge in [-0.25, -0.2) is 13.2 Å². The van der Waals surface area contributed by atoms with E-state index in [9.17, 15) is 18.0 Å². The van der Waals surface area contributed by atoms with Gasteiger partial charge < -0.3 is 20.7 Å². The number of nitrogens with zero attached hydrogens (tertiary/aromatic N) is 1. The molecule has 0 aromatic heterocycles. The van der Waals surface area contributed by atoms with Gasteiger partial charge in [0.15, 0.2) is 23.4 Å². The van der Waals surface area contributed by atoms with Crippen LogP contribution in [0.3, 0.4) is 0 Å². The van der Waals surface area contributed by atoms with Crippen LogP contribution in [0.15, 0.2) is 41.4 Å². The molecule has 1 aliphatic rings. The molecule has 1 aliphatic heterocycles. The van der Waals surface area contributed by atoms with Crippen LogP contribution in [0.25, 0.3) is 0 Å². The number of anilines is 1. The van der Waals surface area contributed by atoms with Crippen LogP contribution in [0.5, 0.6) is 0 Å². The number of carbonyl (C=O) groups excluding carboxylic acids is 1. The van der Waals surface area contributed by atoms with E-state index < -0.39 is 29.0 Å². The van der Waals surface area contributed by atoms with Crippen LogP contribution in [-0.2, 0) is 9.53 Å². The molecule has 32 heavy (non-hydrogen) atoms. The molecule has 9 heteroatoms. The van der Waals surface area contributed by atoms with Crippen LogP contribution in [0.2, 0.25) is 0 Å². The zero-order valence-electron chi connectivity index (χ0n) is 18.1. The van der Waals surface area contributed by atoms with Gasteiger partial charge in [-0.2, -0.15) is 0 Å². The Morgan fingerprint density at radius 2 is 1.84 bits per heavy atom. The van der Waals surface area contributed by atoms with Gasteiger partial charge in [-0.15, -0.1) is 0 Å². The molecular weight excluding hydrogens is 421 g/mol. The summed E-state index contributed by atoms with van der Waals surface area (Å²) in [5.41, 5.74) is 1.88. The average molecular weight is 448 g/mol. The molecule has 2 aromatic carbocycles. The Morgan fingerprint density at radius 1 is 1.09 bits per heavy atom. The van der Waals surface area contributed by atoms with E-state index >= 15 is 0 Å². The summed E-state index contributed by atoms with van der Waals surface area (Å²) in [6, 6.07) is 9.99. The lowest BCUT2D eigenvalue weighted by molar-refractivity contribution is -0.115. The fraction of sp³-hybridized carbons (Fsp3) is 0.391. The predicted octanol–water partition coefficient (Wildman–Crippen LogP) is 3.68. The molecule has 0 saturated carbocycles. The summed E-state index contributed by atoms with van der Waals surface area (Å²) in [6.07, 6.45) is 1.91. The minimum Gasteiger partial charge on any atom is -0.373 e. The number of carbonyl (C=O) groups is 1. The molecule has 1 fully saturated rings. The van der Waals surface area contributed by atoms with E-state index in [2.05, 4.69) is 45.2 Å². The molecular formula is C23H27F3N4O2. The summed E-state index contributed by atoms with van der Waals surface area (Å²) < 4.78 is 46.1. The van der Waals surface area contributed by atoms with Crippen LogP contribution >= 0.6 is 0 Å². The Morgan fingerprint density at radius 3 is 2.56 bits per heavy atom. The molecule has 6 nitrogen and oxygen atoms in total. The number of nitrogens with one attached hydrogen (secondary N) is 3. The van der Waals surface area contributed by atoms with E-state index in [0.717, 1.165) is 30.5 Å². The number of ether oxygens (including phenoxy) is 1.